The zero-order chi connectivity index (χ0) is 12.3. The van der Waals surface area contributed by atoms with E-state index in [0.717, 1.165) is 0 Å². The molecule has 0 aliphatic carbocycles. The van der Waals surface area contributed by atoms with E-state index in [-0.39, 0.29) is 11.7 Å². The van der Waals surface area contributed by atoms with Crippen LogP contribution in [0, 0.1) is 0 Å². The van der Waals surface area contributed by atoms with Gasteiger partial charge in [-0.3, -0.25) is 4.79 Å². The molecule has 5 heteroatoms. The Kier molecular flexibility index (Phi) is 3.09. The highest BCUT2D eigenvalue weighted by atomic mass is 16.3. The van der Waals surface area contributed by atoms with Crippen molar-refractivity contribution >= 4 is 5.91 Å². The van der Waals surface area contributed by atoms with E-state index >= 15 is 0 Å². The van der Waals surface area contributed by atoms with Crippen LogP contribution in [0.25, 0.3) is 0 Å². The zero-order valence-corrected chi connectivity index (χ0v) is 9.42. The van der Waals surface area contributed by atoms with E-state index in [1.807, 2.05) is 0 Å². The number of phenolic OH excluding ortho intramolecular Hbond substituents is 1. The van der Waals surface area contributed by atoms with E-state index < -0.39 is 0 Å². The van der Waals surface area contributed by atoms with Crippen LogP contribution in [0.4, 0.5) is 0 Å². The van der Waals surface area contributed by atoms with Crippen LogP contribution in [-0.2, 0) is 6.54 Å². The van der Waals surface area contributed by atoms with E-state index in [1.54, 1.807) is 37.6 Å². The minimum atomic E-state index is -0.237. The predicted molar refractivity (Wildman–Crippen MR) is 62.5 cm³/mol. The minimum absolute atomic E-state index is 0.0104. The van der Waals surface area contributed by atoms with E-state index in [0.29, 0.717) is 17.9 Å². The maximum atomic E-state index is 12.0. The molecule has 2 N–H and O–H groups in total. The highest BCUT2D eigenvalue weighted by molar-refractivity contribution is 5.96. The maximum absolute atomic E-state index is 12.0. The highest BCUT2D eigenvalue weighted by Gasteiger charge is 2.15. The molecule has 0 unspecified atom stereocenters. The molecule has 1 amide bonds. The van der Waals surface area contributed by atoms with Gasteiger partial charge in [0.05, 0.1) is 12.1 Å². The molecule has 17 heavy (non-hydrogen) atoms. The van der Waals surface area contributed by atoms with Gasteiger partial charge in [0.2, 0.25) is 0 Å². The number of hydrogen-bond donors (Lipinski definition) is 2. The fourth-order valence-electron chi connectivity index (χ4n) is 1.54. The van der Waals surface area contributed by atoms with Crippen LogP contribution in [0.5, 0.6) is 5.75 Å². The van der Waals surface area contributed by atoms with Gasteiger partial charge in [-0.2, -0.15) is 0 Å². The molecule has 0 fully saturated rings. The van der Waals surface area contributed by atoms with Crippen molar-refractivity contribution in [2.45, 2.75) is 6.54 Å². The number of benzene rings is 1. The standard InChI is InChI=1S/C12H13N3O2/c1-15(8-11-13-6-7-14-11)12(17)9-4-2-3-5-10(9)16/h2-7,16H,8H2,1H3,(H,13,14). The third-order valence-electron chi connectivity index (χ3n) is 2.42. The number of amides is 1. The zero-order valence-electron chi connectivity index (χ0n) is 9.42. The number of carbonyl (C=O) groups is 1. The van der Waals surface area contributed by atoms with Crippen molar-refractivity contribution in [2.75, 3.05) is 7.05 Å². The van der Waals surface area contributed by atoms with Gasteiger partial charge < -0.3 is 15.0 Å². The summed E-state index contributed by atoms with van der Waals surface area (Å²) in [6.45, 7) is 0.375. The van der Waals surface area contributed by atoms with Gasteiger partial charge in [0.25, 0.3) is 5.91 Å². The van der Waals surface area contributed by atoms with E-state index in [4.69, 9.17) is 0 Å². The first-order valence-electron chi connectivity index (χ1n) is 5.20. The van der Waals surface area contributed by atoms with Gasteiger partial charge in [-0.1, -0.05) is 12.1 Å². The van der Waals surface area contributed by atoms with Crippen molar-refractivity contribution < 1.29 is 9.90 Å². The topological polar surface area (TPSA) is 69.2 Å². The van der Waals surface area contributed by atoms with Gasteiger partial charge in [0, 0.05) is 19.4 Å². The van der Waals surface area contributed by atoms with Gasteiger partial charge in [-0.25, -0.2) is 4.98 Å². The van der Waals surface area contributed by atoms with Crippen molar-refractivity contribution in [1.29, 1.82) is 0 Å². The van der Waals surface area contributed by atoms with Crippen molar-refractivity contribution in [3.05, 3.63) is 48.0 Å². The third kappa shape index (κ3) is 2.44. The highest BCUT2D eigenvalue weighted by Crippen LogP contribution is 2.17. The average Bonchev–Trinajstić information content (AvgIpc) is 2.81. The van der Waals surface area contributed by atoms with E-state index in [1.165, 1.54) is 11.0 Å². The molecule has 5 nitrogen and oxygen atoms in total. The van der Waals surface area contributed by atoms with Gasteiger partial charge >= 0.3 is 0 Å². The summed E-state index contributed by atoms with van der Waals surface area (Å²) < 4.78 is 0. The summed E-state index contributed by atoms with van der Waals surface area (Å²) in [5.41, 5.74) is 0.293. The van der Waals surface area contributed by atoms with Crippen LogP contribution in [0.15, 0.2) is 36.7 Å². The Hall–Kier alpha value is -2.30. The molecule has 1 heterocycles. The molecular weight excluding hydrogens is 218 g/mol. The number of phenols is 1. The molecular formula is C12H13N3O2. The first kappa shape index (κ1) is 11.2. The van der Waals surface area contributed by atoms with Gasteiger partial charge in [0.1, 0.15) is 11.6 Å². The van der Waals surface area contributed by atoms with Gasteiger partial charge in [-0.05, 0) is 12.1 Å². The van der Waals surface area contributed by atoms with Gasteiger partial charge in [-0.15, -0.1) is 0 Å². The molecule has 0 aliphatic rings. The van der Waals surface area contributed by atoms with Crippen molar-refractivity contribution in [3.63, 3.8) is 0 Å². The quantitative estimate of drug-likeness (QED) is 0.838. The van der Waals surface area contributed by atoms with Crippen molar-refractivity contribution in [2.24, 2.45) is 0 Å². The Balaban J connectivity index is 2.13. The molecule has 0 radical (unpaired) electrons. The van der Waals surface area contributed by atoms with Crippen LogP contribution in [0.3, 0.4) is 0 Å². The fraction of sp³-hybridized carbons (Fsp3) is 0.167. The number of carbonyl (C=O) groups excluding carboxylic acids is 1. The molecule has 0 atom stereocenters. The molecule has 1 aromatic heterocycles. The summed E-state index contributed by atoms with van der Waals surface area (Å²) in [4.78, 5) is 20.5. The van der Waals surface area contributed by atoms with Crippen LogP contribution in [0.1, 0.15) is 16.2 Å². The number of aromatic amines is 1. The molecule has 1 aromatic carbocycles. The number of aromatic nitrogens is 2. The fourth-order valence-corrected chi connectivity index (χ4v) is 1.54. The lowest BCUT2D eigenvalue weighted by Gasteiger charge is -2.16. The molecule has 2 aromatic rings. The Morgan fingerprint density at radius 2 is 2.24 bits per heavy atom. The van der Waals surface area contributed by atoms with Crippen molar-refractivity contribution in [3.8, 4) is 5.75 Å². The Bertz CT molecular complexity index is 508. The summed E-state index contributed by atoms with van der Waals surface area (Å²) in [6, 6.07) is 6.48. The number of nitrogens with one attached hydrogen (secondary N) is 1. The number of H-pyrrole nitrogens is 1. The van der Waals surface area contributed by atoms with Crippen molar-refractivity contribution in [1.82, 2.24) is 14.9 Å². The first-order valence-corrected chi connectivity index (χ1v) is 5.20. The number of imidazole rings is 1. The largest absolute Gasteiger partial charge is 0.507 e. The summed E-state index contributed by atoms with van der Waals surface area (Å²) in [6.07, 6.45) is 3.33. The molecule has 88 valence electrons. The number of rotatable bonds is 3. The lowest BCUT2D eigenvalue weighted by atomic mass is 10.2. The summed E-state index contributed by atoms with van der Waals surface area (Å²) in [7, 11) is 1.66. The second-order valence-electron chi connectivity index (χ2n) is 3.71. The second kappa shape index (κ2) is 4.69. The predicted octanol–water partition coefficient (Wildman–Crippen LogP) is 1.39. The summed E-state index contributed by atoms with van der Waals surface area (Å²) in [5.74, 6) is 0.458. The van der Waals surface area contributed by atoms with E-state index in [2.05, 4.69) is 9.97 Å². The molecule has 2 rings (SSSR count). The Morgan fingerprint density at radius 1 is 1.47 bits per heavy atom. The minimum Gasteiger partial charge on any atom is -0.507 e. The smallest absolute Gasteiger partial charge is 0.257 e. The number of hydrogen-bond acceptors (Lipinski definition) is 3. The number of aromatic hydroxyl groups is 1. The Labute approximate surface area is 98.7 Å². The van der Waals surface area contributed by atoms with Crippen LogP contribution >= 0.6 is 0 Å². The van der Waals surface area contributed by atoms with Gasteiger partial charge in [0.15, 0.2) is 0 Å². The lowest BCUT2D eigenvalue weighted by molar-refractivity contribution is 0.0779. The SMILES string of the molecule is CN(Cc1ncc[nH]1)C(=O)c1ccccc1O. The molecule has 0 aliphatic heterocycles. The number of para-hydroxylation sites is 1. The molecule has 0 bridgehead atoms. The molecule has 0 saturated heterocycles. The normalized spacial score (nSPS) is 10.2. The van der Waals surface area contributed by atoms with E-state index in [9.17, 15) is 9.90 Å². The molecule has 0 saturated carbocycles. The molecule has 0 spiro atoms. The maximum Gasteiger partial charge on any atom is 0.257 e. The second-order valence-corrected chi connectivity index (χ2v) is 3.71. The van der Waals surface area contributed by atoms with Crippen LogP contribution < -0.4 is 0 Å². The summed E-state index contributed by atoms with van der Waals surface area (Å²) in [5, 5.41) is 9.58. The third-order valence-corrected chi connectivity index (χ3v) is 2.42. The number of nitrogens with zero attached hydrogens (tertiary/aromatic N) is 2. The lowest BCUT2D eigenvalue weighted by Crippen LogP contribution is -2.26. The monoisotopic (exact) mass is 231 g/mol. The first-order chi connectivity index (χ1) is 8.18. The van der Waals surface area contributed by atoms with Crippen LogP contribution in [0.2, 0.25) is 0 Å². The summed E-state index contributed by atoms with van der Waals surface area (Å²) >= 11 is 0. The Morgan fingerprint density at radius 3 is 2.88 bits per heavy atom. The van der Waals surface area contributed by atoms with Crippen LogP contribution in [-0.4, -0.2) is 32.9 Å². The average molecular weight is 231 g/mol.